The third-order valence-electron chi connectivity index (χ3n) is 4.07. The maximum Gasteiger partial charge on any atom is 0.263 e. The smallest absolute Gasteiger partial charge is 0.263 e. The highest BCUT2D eigenvalue weighted by molar-refractivity contribution is 7.19. The van der Waals surface area contributed by atoms with Gasteiger partial charge in [-0.05, 0) is 37.6 Å². The second kappa shape index (κ2) is 7.84. The van der Waals surface area contributed by atoms with Gasteiger partial charge in [0.05, 0.1) is 0 Å². The summed E-state index contributed by atoms with van der Waals surface area (Å²) in [7, 11) is 3.28. The van der Waals surface area contributed by atoms with Gasteiger partial charge in [-0.15, -0.1) is 0 Å². The number of nitrogens with one attached hydrogen (secondary N) is 2. The second-order valence-electron chi connectivity index (χ2n) is 5.80. The van der Waals surface area contributed by atoms with E-state index in [2.05, 4.69) is 10.6 Å². The van der Waals surface area contributed by atoms with Gasteiger partial charge in [0.25, 0.3) is 5.91 Å². The number of halogens is 1. The molecule has 0 saturated carbocycles. The topological polar surface area (TPSA) is 67.7 Å². The molecule has 26 heavy (non-hydrogen) atoms. The van der Waals surface area contributed by atoms with Crippen molar-refractivity contribution in [2.75, 3.05) is 32.6 Å². The quantitative estimate of drug-likeness (QED) is 0.621. The summed E-state index contributed by atoms with van der Waals surface area (Å²) in [5.41, 5.74) is 2.37. The summed E-state index contributed by atoms with van der Waals surface area (Å²) in [5, 5.41) is 6.05. The van der Waals surface area contributed by atoms with Gasteiger partial charge in [0, 0.05) is 38.6 Å². The molecule has 0 radical (unpaired) electrons. The molecule has 138 valence electrons. The Morgan fingerprint density at radius 3 is 2.73 bits per heavy atom. The van der Waals surface area contributed by atoms with Crippen molar-refractivity contribution in [3.63, 3.8) is 0 Å². The molecule has 2 aromatic heterocycles. The summed E-state index contributed by atoms with van der Waals surface area (Å²) < 4.78 is 20.3. The van der Waals surface area contributed by atoms with E-state index in [1.54, 1.807) is 26.3 Å². The molecule has 3 rings (SSSR count). The highest BCUT2D eigenvalue weighted by atomic mass is 32.1. The van der Waals surface area contributed by atoms with Crippen LogP contribution in [0.4, 0.5) is 10.2 Å². The maximum absolute atomic E-state index is 13.3. The van der Waals surface area contributed by atoms with Crippen LogP contribution in [0, 0.1) is 12.7 Å². The highest BCUT2D eigenvalue weighted by Crippen LogP contribution is 2.34. The lowest BCUT2D eigenvalue weighted by molar-refractivity contribution is 0.0966. The number of hydrogen-bond acceptors (Lipinski definition) is 5. The molecule has 0 atom stereocenters. The summed E-state index contributed by atoms with van der Waals surface area (Å²) in [6.45, 7) is 3.23. The molecular formula is C18H21FN4O2S. The normalized spacial score (nSPS) is 11.1. The van der Waals surface area contributed by atoms with E-state index >= 15 is 0 Å². The van der Waals surface area contributed by atoms with Gasteiger partial charge in [0.15, 0.2) is 4.96 Å². The first-order chi connectivity index (χ1) is 12.6. The zero-order valence-electron chi connectivity index (χ0n) is 14.9. The third-order valence-corrected chi connectivity index (χ3v) is 5.21. The van der Waals surface area contributed by atoms with Gasteiger partial charge in [-0.25, -0.2) is 9.37 Å². The highest BCUT2D eigenvalue weighted by Gasteiger charge is 2.22. The fourth-order valence-electron chi connectivity index (χ4n) is 2.77. The number of methoxy groups -OCH3 is 1. The summed E-state index contributed by atoms with van der Waals surface area (Å²) in [6.07, 6.45) is 0.831. The molecule has 1 aromatic carbocycles. The number of carbonyl (C=O) groups excluding carboxylic acids is 1. The minimum atomic E-state index is -0.289. The van der Waals surface area contributed by atoms with Crippen molar-refractivity contribution in [2.45, 2.75) is 13.3 Å². The molecule has 0 aliphatic carbocycles. The van der Waals surface area contributed by atoms with Gasteiger partial charge < -0.3 is 15.4 Å². The Morgan fingerprint density at radius 1 is 1.35 bits per heavy atom. The lowest BCUT2D eigenvalue weighted by atomic mass is 10.1. The summed E-state index contributed by atoms with van der Waals surface area (Å²) >= 11 is 1.33. The van der Waals surface area contributed by atoms with E-state index in [4.69, 9.17) is 9.72 Å². The number of anilines is 1. The predicted octanol–water partition coefficient (Wildman–Crippen LogP) is 3.32. The van der Waals surface area contributed by atoms with E-state index in [0.717, 1.165) is 34.2 Å². The molecule has 2 heterocycles. The Hall–Kier alpha value is -2.45. The molecule has 0 unspecified atom stereocenters. The molecule has 0 spiro atoms. The largest absolute Gasteiger partial charge is 0.385 e. The van der Waals surface area contributed by atoms with Crippen molar-refractivity contribution in [1.29, 1.82) is 0 Å². The van der Waals surface area contributed by atoms with Gasteiger partial charge in [-0.3, -0.25) is 9.20 Å². The van der Waals surface area contributed by atoms with Gasteiger partial charge in [-0.2, -0.15) is 0 Å². The molecule has 0 aliphatic heterocycles. The van der Waals surface area contributed by atoms with E-state index in [9.17, 15) is 9.18 Å². The molecule has 0 aliphatic rings. The van der Waals surface area contributed by atoms with Crippen molar-refractivity contribution in [1.82, 2.24) is 14.7 Å². The minimum Gasteiger partial charge on any atom is -0.385 e. The fourth-order valence-corrected chi connectivity index (χ4v) is 3.84. The van der Waals surface area contributed by atoms with Crippen LogP contribution in [0.3, 0.4) is 0 Å². The molecule has 6 nitrogen and oxygen atoms in total. The lowest BCUT2D eigenvalue weighted by Crippen LogP contribution is -2.17. The number of hydrogen-bond donors (Lipinski definition) is 2. The summed E-state index contributed by atoms with van der Waals surface area (Å²) in [6, 6.07) is 6.24. The second-order valence-corrected chi connectivity index (χ2v) is 6.78. The van der Waals surface area contributed by atoms with E-state index in [0.29, 0.717) is 18.0 Å². The van der Waals surface area contributed by atoms with Crippen molar-refractivity contribution in [3.8, 4) is 11.3 Å². The van der Waals surface area contributed by atoms with E-state index < -0.39 is 0 Å². The lowest BCUT2D eigenvalue weighted by Gasteiger charge is -2.09. The van der Waals surface area contributed by atoms with Crippen LogP contribution in [0.25, 0.3) is 16.2 Å². The Bertz CT molecular complexity index is 918. The molecule has 3 aromatic rings. The van der Waals surface area contributed by atoms with E-state index in [1.807, 2.05) is 11.3 Å². The van der Waals surface area contributed by atoms with E-state index in [1.165, 1.54) is 23.5 Å². The molecule has 0 fully saturated rings. The van der Waals surface area contributed by atoms with Gasteiger partial charge in [0.2, 0.25) is 0 Å². The Balaban J connectivity index is 2.08. The van der Waals surface area contributed by atoms with Crippen LogP contribution >= 0.6 is 11.3 Å². The van der Waals surface area contributed by atoms with Crippen molar-refractivity contribution >= 4 is 28.0 Å². The first-order valence-electron chi connectivity index (χ1n) is 8.29. The Morgan fingerprint density at radius 2 is 2.08 bits per heavy atom. The van der Waals surface area contributed by atoms with Gasteiger partial charge >= 0.3 is 0 Å². The monoisotopic (exact) mass is 376 g/mol. The van der Waals surface area contributed by atoms with Crippen molar-refractivity contribution < 1.29 is 13.9 Å². The van der Waals surface area contributed by atoms with Crippen LogP contribution in [0.15, 0.2) is 24.3 Å². The molecule has 2 N–H and O–H groups in total. The molecular weight excluding hydrogens is 355 g/mol. The number of aromatic nitrogens is 2. The number of amides is 1. The number of fused-ring (bicyclic) bond motifs is 1. The average Bonchev–Trinajstić information content (AvgIpc) is 3.16. The SMILES string of the molecule is CNC(=O)c1sc2nc(-c3ccc(F)cc3)c(NCCCOC)n2c1C. The number of carbonyl (C=O) groups is 1. The van der Waals surface area contributed by atoms with Crippen molar-refractivity contribution in [2.24, 2.45) is 0 Å². The standard InChI is InChI=1S/C18H21FN4O2S/c1-11-15(17(24)20-2)26-18-22-14(12-5-7-13(19)8-6-12)16(23(11)18)21-9-4-10-25-3/h5-8,21H,4,9-10H2,1-3H3,(H,20,24). The Labute approximate surface area is 155 Å². The van der Waals surface area contributed by atoms with Crippen LogP contribution in [0.5, 0.6) is 0 Å². The number of aryl methyl sites for hydroxylation is 1. The number of nitrogens with zero attached hydrogens (tertiary/aromatic N) is 2. The molecule has 0 bridgehead atoms. The van der Waals surface area contributed by atoms with Crippen LogP contribution in [-0.4, -0.2) is 42.6 Å². The van der Waals surface area contributed by atoms with Crippen LogP contribution in [-0.2, 0) is 4.74 Å². The van der Waals surface area contributed by atoms with Gasteiger partial charge in [0.1, 0.15) is 22.2 Å². The van der Waals surface area contributed by atoms with Crippen molar-refractivity contribution in [3.05, 3.63) is 40.7 Å². The number of thiazole rings is 1. The zero-order chi connectivity index (χ0) is 18.7. The summed E-state index contributed by atoms with van der Waals surface area (Å²) in [4.78, 5) is 18.1. The van der Waals surface area contributed by atoms with Gasteiger partial charge in [-0.1, -0.05) is 11.3 Å². The van der Waals surface area contributed by atoms with Crippen LogP contribution in [0.1, 0.15) is 21.8 Å². The Kier molecular flexibility index (Phi) is 5.53. The number of benzene rings is 1. The first kappa shape index (κ1) is 18.3. The third kappa shape index (κ3) is 3.42. The number of rotatable bonds is 7. The molecule has 8 heteroatoms. The zero-order valence-corrected chi connectivity index (χ0v) is 15.7. The average molecular weight is 376 g/mol. The minimum absolute atomic E-state index is 0.133. The molecule has 1 amide bonds. The number of ether oxygens (including phenoxy) is 1. The van der Waals surface area contributed by atoms with Crippen LogP contribution in [0.2, 0.25) is 0 Å². The number of imidazole rings is 1. The first-order valence-corrected chi connectivity index (χ1v) is 9.11. The predicted molar refractivity (Wildman–Crippen MR) is 102 cm³/mol. The summed E-state index contributed by atoms with van der Waals surface area (Å²) in [5.74, 6) is 0.376. The van der Waals surface area contributed by atoms with Crippen LogP contribution < -0.4 is 10.6 Å². The maximum atomic E-state index is 13.3. The molecule has 0 saturated heterocycles. The van der Waals surface area contributed by atoms with E-state index in [-0.39, 0.29) is 11.7 Å². The fraction of sp³-hybridized carbons (Fsp3) is 0.333.